The maximum atomic E-state index is 12.1. The summed E-state index contributed by atoms with van der Waals surface area (Å²) in [6, 6.07) is 2.59. The number of amides is 1. The van der Waals surface area contributed by atoms with Gasteiger partial charge in [-0.25, -0.2) is 13.6 Å². The highest BCUT2D eigenvalue weighted by atomic mass is 79.9. The smallest absolute Gasteiger partial charge is 0.251 e. The Labute approximate surface area is 132 Å². The van der Waals surface area contributed by atoms with Gasteiger partial charge in [-0.2, -0.15) is 0 Å². The third kappa shape index (κ3) is 4.18. The predicted molar refractivity (Wildman–Crippen MR) is 82.4 cm³/mol. The van der Waals surface area contributed by atoms with E-state index in [-0.39, 0.29) is 20.0 Å². The van der Waals surface area contributed by atoms with Crippen LogP contribution in [0.2, 0.25) is 5.02 Å². The quantitative estimate of drug-likeness (QED) is 0.837. The van der Waals surface area contributed by atoms with Crippen molar-refractivity contribution in [2.24, 2.45) is 5.14 Å². The third-order valence-electron chi connectivity index (χ3n) is 2.90. The van der Waals surface area contributed by atoms with Crippen molar-refractivity contribution in [3.05, 3.63) is 27.2 Å². The highest BCUT2D eigenvalue weighted by Gasteiger charge is 2.22. The molecule has 20 heavy (non-hydrogen) atoms. The molecule has 0 aliphatic carbocycles. The molecular formula is C12H16BrClN2O3S. The number of benzene rings is 1. The number of carbonyl (C=O) groups excluding carboxylic acids is 1. The van der Waals surface area contributed by atoms with Crippen molar-refractivity contribution >= 4 is 43.5 Å². The summed E-state index contributed by atoms with van der Waals surface area (Å²) < 4.78 is 23.1. The Bertz CT molecular complexity index is 644. The average molecular weight is 384 g/mol. The number of primary sulfonamides is 1. The zero-order valence-corrected chi connectivity index (χ0v) is 14.5. The molecule has 0 saturated carbocycles. The number of hydrogen-bond acceptors (Lipinski definition) is 3. The van der Waals surface area contributed by atoms with Crippen molar-refractivity contribution < 1.29 is 13.2 Å². The van der Waals surface area contributed by atoms with Gasteiger partial charge in [-0.3, -0.25) is 4.79 Å². The van der Waals surface area contributed by atoms with E-state index in [1.54, 1.807) is 0 Å². The topological polar surface area (TPSA) is 89.3 Å². The lowest BCUT2D eigenvalue weighted by Gasteiger charge is -2.24. The van der Waals surface area contributed by atoms with Gasteiger partial charge in [0.1, 0.15) is 0 Å². The molecule has 0 saturated heterocycles. The fourth-order valence-corrected chi connectivity index (χ4v) is 3.20. The Hall–Kier alpha value is -0.630. The molecule has 3 N–H and O–H groups in total. The van der Waals surface area contributed by atoms with Crippen LogP contribution in [-0.2, 0) is 10.0 Å². The molecule has 0 unspecified atom stereocenters. The van der Waals surface area contributed by atoms with Gasteiger partial charge in [-0.05, 0) is 48.3 Å². The summed E-state index contributed by atoms with van der Waals surface area (Å²) in [5.41, 5.74) is -0.262. The predicted octanol–water partition coefficient (Wildman–Crippen LogP) is 2.67. The van der Waals surface area contributed by atoms with Crippen LogP contribution in [0.5, 0.6) is 0 Å². The van der Waals surface area contributed by atoms with E-state index >= 15 is 0 Å². The van der Waals surface area contributed by atoms with Gasteiger partial charge in [0.05, 0.1) is 14.4 Å². The van der Waals surface area contributed by atoms with Crippen LogP contribution in [-0.4, -0.2) is 19.9 Å². The van der Waals surface area contributed by atoms with E-state index in [9.17, 15) is 13.2 Å². The molecule has 0 bridgehead atoms. The van der Waals surface area contributed by atoms with Crippen molar-refractivity contribution in [3.8, 4) is 0 Å². The van der Waals surface area contributed by atoms with Gasteiger partial charge in [-0.15, -0.1) is 0 Å². The van der Waals surface area contributed by atoms with Crippen LogP contribution in [0.1, 0.15) is 37.6 Å². The fraction of sp³-hybridized carbons (Fsp3) is 0.417. The molecule has 1 aromatic rings. The summed E-state index contributed by atoms with van der Waals surface area (Å²) in [5.74, 6) is -0.406. The van der Waals surface area contributed by atoms with Gasteiger partial charge in [-0.1, -0.05) is 18.5 Å². The fourth-order valence-electron chi connectivity index (χ4n) is 1.37. The second-order valence-corrected chi connectivity index (χ2v) is 7.74. The van der Waals surface area contributed by atoms with Crippen LogP contribution in [0.15, 0.2) is 21.5 Å². The lowest BCUT2D eigenvalue weighted by molar-refractivity contribution is 0.0911. The first-order valence-electron chi connectivity index (χ1n) is 5.82. The van der Waals surface area contributed by atoms with E-state index in [4.69, 9.17) is 16.7 Å². The normalized spacial score (nSPS) is 12.3. The number of nitrogens with two attached hydrogens (primary N) is 1. The molecule has 0 fully saturated rings. The summed E-state index contributed by atoms with van der Waals surface area (Å²) in [4.78, 5) is 11.9. The highest BCUT2D eigenvalue weighted by Crippen LogP contribution is 2.30. The SMILES string of the molecule is CCC(C)(C)NC(=O)c1cc(Cl)c(Br)c(S(N)(=O)=O)c1. The Morgan fingerprint density at radius 2 is 2.00 bits per heavy atom. The first kappa shape index (κ1) is 17.4. The highest BCUT2D eigenvalue weighted by molar-refractivity contribution is 9.10. The Morgan fingerprint density at radius 3 is 2.45 bits per heavy atom. The first-order chi connectivity index (χ1) is 8.98. The van der Waals surface area contributed by atoms with E-state index in [2.05, 4.69) is 21.2 Å². The van der Waals surface area contributed by atoms with Gasteiger partial charge in [0.25, 0.3) is 5.91 Å². The molecule has 8 heteroatoms. The Morgan fingerprint density at radius 1 is 1.45 bits per heavy atom. The van der Waals surface area contributed by atoms with Crippen molar-refractivity contribution in [3.63, 3.8) is 0 Å². The molecule has 0 atom stereocenters. The second kappa shape index (κ2) is 6.01. The van der Waals surface area contributed by atoms with Gasteiger partial charge in [0, 0.05) is 11.1 Å². The van der Waals surface area contributed by atoms with Gasteiger partial charge in [0.2, 0.25) is 10.0 Å². The van der Waals surface area contributed by atoms with Crippen LogP contribution in [0.4, 0.5) is 0 Å². The number of hydrogen-bond donors (Lipinski definition) is 2. The minimum atomic E-state index is -3.97. The van der Waals surface area contributed by atoms with Crippen LogP contribution in [0.25, 0.3) is 0 Å². The molecule has 1 rings (SSSR count). The lowest BCUT2D eigenvalue weighted by atomic mass is 10.0. The summed E-state index contributed by atoms with van der Waals surface area (Å²) >= 11 is 8.98. The van der Waals surface area contributed by atoms with Gasteiger partial charge >= 0.3 is 0 Å². The maximum Gasteiger partial charge on any atom is 0.251 e. The van der Waals surface area contributed by atoms with E-state index < -0.39 is 21.5 Å². The van der Waals surface area contributed by atoms with Crippen LogP contribution in [0, 0.1) is 0 Å². The summed E-state index contributed by atoms with van der Waals surface area (Å²) in [6.45, 7) is 5.67. The lowest BCUT2D eigenvalue weighted by Crippen LogP contribution is -2.42. The molecule has 0 heterocycles. The minimum absolute atomic E-state index is 0.107. The van der Waals surface area contributed by atoms with Gasteiger partial charge < -0.3 is 5.32 Å². The van der Waals surface area contributed by atoms with Gasteiger partial charge in [0.15, 0.2) is 0 Å². The number of rotatable bonds is 4. The minimum Gasteiger partial charge on any atom is -0.347 e. The maximum absolute atomic E-state index is 12.1. The van der Waals surface area contributed by atoms with Crippen LogP contribution >= 0.6 is 27.5 Å². The standard InChI is InChI=1S/C12H16BrClN2O3S/c1-4-12(2,3)16-11(17)7-5-8(14)10(13)9(6-7)20(15,18)19/h5-6H,4H2,1-3H3,(H,16,17)(H2,15,18,19). The van der Waals surface area contributed by atoms with Crippen molar-refractivity contribution in [1.29, 1.82) is 0 Å². The summed E-state index contributed by atoms with van der Waals surface area (Å²) in [6.07, 6.45) is 0.727. The number of carbonyl (C=O) groups is 1. The van der Waals surface area contributed by atoms with E-state index in [0.717, 1.165) is 6.42 Å². The first-order valence-corrected chi connectivity index (χ1v) is 8.54. The van der Waals surface area contributed by atoms with E-state index in [0.29, 0.717) is 0 Å². The van der Waals surface area contributed by atoms with Crippen LogP contribution < -0.4 is 10.5 Å². The van der Waals surface area contributed by atoms with Crippen molar-refractivity contribution in [2.75, 3.05) is 0 Å². The molecule has 1 aromatic carbocycles. The Balaban J connectivity index is 3.28. The molecule has 0 aliphatic heterocycles. The third-order valence-corrected chi connectivity index (χ3v) is 5.48. The molecule has 0 radical (unpaired) electrons. The zero-order valence-electron chi connectivity index (χ0n) is 11.3. The Kier molecular flexibility index (Phi) is 5.23. The van der Waals surface area contributed by atoms with E-state index in [1.165, 1.54) is 12.1 Å². The molecule has 1 amide bonds. The molecular weight excluding hydrogens is 368 g/mol. The van der Waals surface area contributed by atoms with Crippen LogP contribution in [0.3, 0.4) is 0 Å². The van der Waals surface area contributed by atoms with E-state index in [1.807, 2.05) is 20.8 Å². The number of nitrogens with one attached hydrogen (secondary N) is 1. The number of sulfonamides is 1. The molecule has 5 nitrogen and oxygen atoms in total. The average Bonchev–Trinajstić information content (AvgIpc) is 2.30. The molecule has 0 aromatic heterocycles. The molecule has 0 spiro atoms. The summed E-state index contributed by atoms with van der Waals surface area (Å²) in [7, 11) is -3.97. The molecule has 0 aliphatic rings. The van der Waals surface area contributed by atoms with Crippen molar-refractivity contribution in [1.82, 2.24) is 5.32 Å². The van der Waals surface area contributed by atoms with Crippen molar-refractivity contribution in [2.45, 2.75) is 37.6 Å². The second-order valence-electron chi connectivity index (χ2n) is 5.01. The molecule has 112 valence electrons. The largest absolute Gasteiger partial charge is 0.347 e. The zero-order chi connectivity index (χ0) is 15.7. The monoisotopic (exact) mass is 382 g/mol. The summed E-state index contributed by atoms with van der Waals surface area (Å²) in [5, 5.41) is 8.01. The number of halogens is 2.